The Morgan fingerprint density at radius 3 is 3.00 bits per heavy atom. The maximum Gasteiger partial charge on any atom is 0.191 e. The highest BCUT2D eigenvalue weighted by molar-refractivity contribution is 7.98. The van der Waals surface area contributed by atoms with Crippen molar-refractivity contribution in [3.8, 4) is 0 Å². The summed E-state index contributed by atoms with van der Waals surface area (Å²) >= 11 is 7.46. The molecule has 3 rings (SSSR count). The summed E-state index contributed by atoms with van der Waals surface area (Å²) in [5.41, 5.74) is 0.523. The fourth-order valence-electron chi connectivity index (χ4n) is 1.75. The van der Waals surface area contributed by atoms with Crippen LogP contribution in [0, 0.1) is 5.82 Å². The average molecular weight is 284 g/mol. The van der Waals surface area contributed by atoms with Crippen LogP contribution in [0.25, 0.3) is 0 Å². The third kappa shape index (κ3) is 2.37. The molecule has 1 aromatic carbocycles. The van der Waals surface area contributed by atoms with Gasteiger partial charge in [0.15, 0.2) is 5.16 Å². The Morgan fingerprint density at radius 2 is 2.28 bits per heavy atom. The van der Waals surface area contributed by atoms with Crippen LogP contribution >= 0.6 is 23.4 Å². The Bertz CT molecular complexity index is 548. The summed E-state index contributed by atoms with van der Waals surface area (Å²) in [4.78, 5) is 0. The van der Waals surface area contributed by atoms with Gasteiger partial charge in [0, 0.05) is 22.4 Å². The minimum Gasteiger partial charge on any atom is -0.306 e. The third-order valence-electron chi connectivity index (χ3n) is 2.89. The lowest BCUT2D eigenvalue weighted by molar-refractivity contribution is 0.617. The van der Waals surface area contributed by atoms with Crippen molar-refractivity contribution in [1.82, 2.24) is 14.8 Å². The molecule has 1 saturated carbocycles. The van der Waals surface area contributed by atoms with E-state index in [0.717, 1.165) is 5.16 Å². The van der Waals surface area contributed by atoms with Crippen LogP contribution in [0.3, 0.4) is 0 Å². The van der Waals surface area contributed by atoms with E-state index in [1.807, 2.05) is 0 Å². The largest absolute Gasteiger partial charge is 0.306 e. The Morgan fingerprint density at radius 1 is 1.44 bits per heavy atom. The highest BCUT2D eigenvalue weighted by Crippen LogP contribution is 2.38. The SMILES string of the molecule is Fc1cccc(Cl)c1CSc1nncn1C1CC1. The molecule has 2 aromatic rings. The zero-order valence-electron chi connectivity index (χ0n) is 9.51. The van der Waals surface area contributed by atoms with Gasteiger partial charge in [0.25, 0.3) is 0 Å². The van der Waals surface area contributed by atoms with Gasteiger partial charge in [-0.2, -0.15) is 0 Å². The van der Waals surface area contributed by atoms with Gasteiger partial charge in [-0.05, 0) is 25.0 Å². The Kier molecular flexibility index (Phi) is 3.26. The molecule has 0 aliphatic heterocycles. The smallest absolute Gasteiger partial charge is 0.191 e. The van der Waals surface area contributed by atoms with Crippen molar-refractivity contribution >= 4 is 23.4 Å². The summed E-state index contributed by atoms with van der Waals surface area (Å²) in [6.45, 7) is 0. The van der Waals surface area contributed by atoms with Crippen molar-refractivity contribution in [3.05, 3.63) is 40.9 Å². The molecule has 1 aromatic heterocycles. The van der Waals surface area contributed by atoms with E-state index in [4.69, 9.17) is 11.6 Å². The maximum absolute atomic E-state index is 13.6. The highest BCUT2D eigenvalue weighted by Gasteiger charge is 2.26. The molecule has 1 aliphatic rings. The first-order valence-corrected chi connectivity index (χ1v) is 7.07. The molecule has 1 fully saturated rings. The van der Waals surface area contributed by atoms with Gasteiger partial charge in [-0.1, -0.05) is 29.4 Å². The van der Waals surface area contributed by atoms with Gasteiger partial charge in [0.2, 0.25) is 0 Å². The summed E-state index contributed by atoms with van der Waals surface area (Å²) in [7, 11) is 0. The van der Waals surface area contributed by atoms with Crippen LogP contribution in [0.2, 0.25) is 5.02 Å². The minimum atomic E-state index is -0.271. The number of hydrogen-bond donors (Lipinski definition) is 0. The number of thioether (sulfide) groups is 1. The summed E-state index contributed by atoms with van der Waals surface area (Å²) < 4.78 is 15.7. The summed E-state index contributed by atoms with van der Waals surface area (Å²) in [5, 5.41) is 9.26. The van der Waals surface area contributed by atoms with Crippen LogP contribution in [-0.2, 0) is 5.75 Å². The number of nitrogens with zero attached hydrogens (tertiary/aromatic N) is 3. The first kappa shape index (κ1) is 12.0. The van der Waals surface area contributed by atoms with Crippen LogP contribution in [0.4, 0.5) is 4.39 Å². The van der Waals surface area contributed by atoms with E-state index in [1.54, 1.807) is 18.5 Å². The summed E-state index contributed by atoms with van der Waals surface area (Å²) in [6.07, 6.45) is 4.08. The van der Waals surface area contributed by atoms with E-state index in [0.29, 0.717) is 22.4 Å². The first-order chi connectivity index (χ1) is 8.75. The number of aromatic nitrogens is 3. The first-order valence-electron chi connectivity index (χ1n) is 5.71. The monoisotopic (exact) mass is 283 g/mol. The lowest BCUT2D eigenvalue weighted by Gasteiger charge is -2.06. The molecule has 0 radical (unpaired) electrons. The van der Waals surface area contributed by atoms with Gasteiger partial charge in [-0.15, -0.1) is 10.2 Å². The molecule has 1 aliphatic carbocycles. The molecular formula is C12H11ClFN3S. The Balaban J connectivity index is 1.76. The molecule has 0 saturated heterocycles. The Hall–Kier alpha value is -1.07. The zero-order chi connectivity index (χ0) is 12.5. The molecule has 0 amide bonds. The molecule has 94 valence electrons. The van der Waals surface area contributed by atoms with Crippen LogP contribution < -0.4 is 0 Å². The molecule has 0 bridgehead atoms. The van der Waals surface area contributed by atoms with Crippen molar-refractivity contribution in [1.29, 1.82) is 0 Å². The second-order valence-electron chi connectivity index (χ2n) is 4.24. The normalized spacial score (nSPS) is 15.0. The number of benzene rings is 1. The molecule has 0 atom stereocenters. The van der Waals surface area contributed by atoms with Gasteiger partial charge >= 0.3 is 0 Å². The second-order valence-corrected chi connectivity index (χ2v) is 5.59. The van der Waals surface area contributed by atoms with E-state index in [9.17, 15) is 4.39 Å². The van der Waals surface area contributed by atoms with Gasteiger partial charge in [-0.25, -0.2) is 4.39 Å². The molecule has 0 spiro atoms. The van der Waals surface area contributed by atoms with Crippen LogP contribution in [0.15, 0.2) is 29.7 Å². The second kappa shape index (κ2) is 4.90. The van der Waals surface area contributed by atoms with Crippen molar-refractivity contribution in [3.63, 3.8) is 0 Å². The fraction of sp³-hybridized carbons (Fsp3) is 0.333. The van der Waals surface area contributed by atoms with Crippen molar-refractivity contribution in [2.75, 3.05) is 0 Å². The van der Waals surface area contributed by atoms with Crippen LogP contribution in [-0.4, -0.2) is 14.8 Å². The molecule has 0 unspecified atom stereocenters. The van der Waals surface area contributed by atoms with E-state index >= 15 is 0 Å². The van der Waals surface area contributed by atoms with Gasteiger partial charge in [-0.3, -0.25) is 0 Å². The van der Waals surface area contributed by atoms with E-state index in [2.05, 4.69) is 14.8 Å². The van der Waals surface area contributed by atoms with Crippen LogP contribution in [0.5, 0.6) is 0 Å². The molecule has 3 nitrogen and oxygen atoms in total. The average Bonchev–Trinajstić information content (AvgIpc) is 3.09. The summed E-state index contributed by atoms with van der Waals surface area (Å²) in [6, 6.07) is 5.26. The maximum atomic E-state index is 13.6. The van der Waals surface area contributed by atoms with E-state index < -0.39 is 0 Å². The number of halogens is 2. The number of rotatable bonds is 4. The van der Waals surface area contributed by atoms with Crippen molar-refractivity contribution < 1.29 is 4.39 Å². The van der Waals surface area contributed by atoms with Gasteiger partial charge in [0.05, 0.1) is 0 Å². The molecule has 18 heavy (non-hydrogen) atoms. The quantitative estimate of drug-likeness (QED) is 0.802. The lowest BCUT2D eigenvalue weighted by Crippen LogP contribution is -1.96. The topological polar surface area (TPSA) is 30.7 Å². The molecule has 1 heterocycles. The van der Waals surface area contributed by atoms with E-state index in [1.165, 1.54) is 30.7 Å². The standard InChI is InChI=1S/C12H11ClFN3S/c13-10-2-1-3-11(14)9(10)6-18-12-16-15-7-17(12)8-4-5-8/h1-3,7-8H,4-6H2. The predicted molar refractivity (Wildman–Crippen MR) is 69.3 cm³/mol. The summed E-state index contributed by atoms with van der Waals surface area (Å²) in [5.74, 6) is 0.198. The van der Waals surface area contributed by atoms with Crippen LogP contribution in [0.1, 0.15) is 24.4 Å². The third-order valence-corrected chi connectivity index (χ3v) is 4.23. The minimum absolute atomic E-state index is 0.271. The number of hydrogen-bond acceptors (Lipinski definition) is 3. The molecule has 0 N–H and O–H groups in total. The van der Waals surface area contributed by atoms with Gasteiger partial charge in [0.1, 0.15) is 12.1 Å². The van der Waals surface area contributed by atoms with Gasteiger partial charge < -0.3 is 4.57 Å². The predicted octanol–water partition coefficient (Wildman–Crippen LogP) is 3.70. The lowest BCUT2D eigenvalue weighted by atomic mass is 10.2. The van der Waals surface area contributed by atoms with Crippen molar-refractivity contribution in [2.45, 2.75) is 29.8 Å². The fourth-order valence-corrected chi connectivity index (χ4v) is 3.07. The molecule has 6 heteroatoms. The van der Waals surface area contributed by atoms with E-state index in [-0.39, 0.29) is 5.82 Å². The van der Waals surface area contributed by atoms with Crippen molar-refractivity contribution in [2.24, 2.45) is 0 Å². The molecular weight excluding hydrogens is 273 g/mol. The zero-order valence-corrected chi connectivity index (χ0v) is 11.1. The Labute approximate surface area is 113 Å². The highest BCUT2D eigenvalue weighted by atomic mass is 35.5.